The number of isocyanates is 1. The average Bonchev–Trinajstić information content (AvgIpc) is 2.39. The van der Waals surface area contributed by atoms with Crippen molar-refractivity contribution in [2.24, 2.45) is 4.99 Å². The number of hydrogen-bond donors (Lipinski definition) is 0. The molecule has 1 aliphatic heterocycles. The molecule has 1 saturated heterocycles. The van der Waals surface area contributed by atoms with Crippen molar-refractivity contribution in [1.82, 2.24) is 4.31 Å². The molecule has 1 aliphatic rings. The summed E-state index contributed by atoms with van der Waals surface area (Å²) in [6.07, 6.45) is 2.64. The molecule has 0 bridgehead atoms. The maximum absolute atomic E-state index is 12.6. The van der Waals surface area contributed by atoms with Crippen LogP contribution in [0.25, 0.3) is 0 Å². The smallest absolute Gasteiger partial charge is 0.211 e. The maximum atomic E-state index is 12.6. The van der Waals surface area contributed by atoms with E-state index in [2.05, 4.69) is 20.9 Å². The molecule has 2 unspecified atom stereocenters. The Bertz CT molecular complexity index is 641. The lowest BCUT2D eigenvalue weighted by molar-refractivity contribution is 0.248. The molecule has 0 amide bonds. The Labute approximate surface area is 126 Å². The number of carbonyl (C=O) groups excluding carboxylic acids is 1. The summed E-state index contributed by atoms with van der Waals surface area (Å²) in [7, 11) is -3.51. The van der Waals surface area contributed by atoms with E-state index in [0.29, 0.717) is 19.4 Å². The van der Waals surface area contributed by atoms with Gasteiger partial charge in [-0.15, -0.1) is 0 Å². The molecule has 0 aliphatic carbocycles. The van der Waals surface area contributed by atoms with Crippen LogP contribution < -0.4 is 0 Å². The highest BCUT2D eigenvalue weighted by Crippen LogP contribution is 2.27. The number of aliphatic imine (C=N–C) groups is 1. The average molecular weight is 359 g/mol. The van der Waals surface area contributed by atoms with Crippen LogP contribution in [0.3, 0.4) is 0 Å². The minimum absolute atomic E-state index is 0.128. The number of nitrogens with zero attached hydrogens (tertiary/aromatic N) is 2. The number of sulfonamides is 1. The van der Waals surface area contributed by atoms with Crippen molar-refractivity contribution in [2.75, 3.05) is 6.54 Å². The summed E-state index contributed by atoms with van der Waals surface area (Å²) in [5, 5.41) is 0. The predicted molar refractivity (Wildman–Crippen MR) is 78.6 cm³/mol. The van der Waals surface area contributed by atoms with E-state index in [-0.39, 0.29) is 17.0 Å². The zero-order chi connectivity index (χ0) is 14.8. The lowest BCUT2D eigenvalue weighted by atomic mass is 10.0. The molecular weight excluding hydrogens is 344 g/mol. The van der Waals surface area contributed by atoms with Crippen molar-refractivity contribution in [1.29, 1.82) is 0 Å². The van der Waals surface area contributed by atoms with Crippen molar-refractivity contribution < 1.29 is 13.2 Å². The van der Waals surface area contributed by atoms with Gasteiger partial charge in [0.05, 0.1) is 10.9 Å². The van der Waals surface area contributed by atoms with Gasteiger partial charge >= 0.3 is 0 Å². The van der Waals surface area contributed by atoms with Gasteiger partial charge in [0.15, 0.2) is 0 Å². The number of rotatable bonds is 3. The van der Waals surface area contributed by atoms with Crippen molar-refractivity contribution in [3.05, 3.63) is 28.7 Å². The van der Waals surface area contributed by atoms with Crippen LogP contribution in [0.2, 0.25) is 0 Å². The van der Waals surface area contributed by atoms with E-state index in [1.165, 1.54) is 4.31 Å². The van der Waals surface area contributed by atoms with E-state index in [0.717, 1.165) is 4.47 Å². The molecule has 2 rings (SSSR count). The Balaban J connectivity index is 2.25. The van der Waals surface area contributed by atoms with Gasteiger partial charge in [0, 0.05) is 17.1 Å². The second kappa shape index (κ2) is 6.18. The third-order valence-electron chi connectivity index (χ3n) is 3.43. The second-order valence-corrected chi connectivity index (χ2v) is 7.63. The first-order valence-corrected chi connectivity index (χ1v) is 8.53. The van der Waals surface area contributed by atoms with Gasteiger partial charge in [-0.3, -0.25) is 0 Å². The molecule has 1 heterocycles. The highest BCUT2D eigenvalue weighted by molar-refractivity contribution is 9.10. The van der Waals surface area contributed by atoms with Crippen molar-refractivity contribution in [2.45, 2.75) is 36.7 Å². The van der Waals surface area contributed by atoms with Crippen LogP contribution in [0.5, 0.6) is 0 Å². The Morgan fingerprint density at radius 3 is 2.80 bits per heavy atom. The van der Waals surface area contributed by atoms with Gasteiger partial charge < -0.3 is 0 Å². The fraction of sp³-hybridized carbons (Fsp3) is 0.462. The number of hydrogen-bond acceptors (Lipinski definition) is 4. The summed E-state index contributed by atoms with van der Waals surface area (Å²) in [4.78, 5) is 14.3. The van der Waals surface area contributed by atoms with Crippen LogP contribution in [0.1, 0.15) is 19.8 Å². The molecule has 1 aromatic carbocycles. The predicted octanol–water partition coefficient (Wildman–Crippen LogP) is 2.33. The van der Waals surface area contributed by atoms with Crippen LogP contribution in [0, 0.1) is 0 Å². The Kier molecular flexibility index (Phi) is 4.75. The molecule has 20 heavy (non-hydrogen) atoms. The first kappa shape index (κ1) is 15.4. The zero-order valence-electron chi connectivity index (χ0n) is 11.0. The monoisotopic (exact) mass is 358 g/mol. The van der Waals surface area contributed by atoms with Gasteiger partial charge in [-0.2, -0.15) is 4.31 Å². The van der Waals surface area contributed by atoms with E-state index >= 15 is 0 Å². The lowest BCUT2D eigenvalue weighted by Crippen LogP contribution is -2.45. The molecule has 1 aromatic rings. The fourth-order valence-electron chi connectivity index (χ4n) is 2.44. The van der Waals surface area contributed by atoms with Gasteiger partial charge in [-0.05, 0) is 38.0 Å². The van der Waals surface area contributed by atoms with Gasteiger partial charge in [-0.25, -0.2) is 18.2 Å². The third kappa shape index (κ3) is 3.17. The second-order valence-electron chi connectivity index (χ2n) is 4.82. The maximum Gasteiger partial charge on any atom is 0.243 e. The van der Waals surface area contributed by atoms with E-state index < -0.39 is 10.0 Å². The summed E-state index contributed by atoms with van der Waals surface area (Å²) in [6, 6.07) is 6.35. The van der Waals surface area contributed by atoms with Crippen LogP contribution in [0.4, 0.5) is 0 Å². The number of halogens is 1. The molecule has 7 heteroatoms. The summed E-state index contributed by atoms with van der Waals surface area (Å²) < 4.78 is 27.4. The minimum Gasteiger partial charge on any atom is -0.211 e. The SMILES string of the molecule is CC1CC(N=C=O)CCN1S(=O)(=O)c1cccc(Br)c1. The molecule has 0 aromatic heterocycles. The van der Waals surface area contributed by atoms with Crippen molar-refractivity contribution >= 4 is 32.0 Å². The van der Waals surface area contributed by atoms with E-state index in [1.807, 2.05) is 6.92 Å². The molecule has 5 nitrogen and oxygen atoms in total. The Hall–Kier alpha value is -1.01. The molecule has 0 radical (unpaired) electrons. The topological polar surface area (TPSA) is 66.8 Å². The highest BCUT2D eigenvalue weighted by atomic mass is 79.9. The highest BCUT2D eigenvalue weighted by Gasteiger charge is 2.34. The minimum atomic E-state index is -3.51. The first-order valence-electron chi connectivity index (χ1n) is 6.29. The molecule has 108 valence electrons. The van der Waals surface area contributed by atoms with Crippen LogP contribution >= 0.6 is 15.9 Å². The first-order chi connectivity index (χ1) is 9.45. The van der Waals surface area contributed by atoms with Crippen molar-refractivity contribution in [3.63, 3.8) is 0 Å². The van der Waals surface area contributed by atoms with Crippen molar-refractivity contribution in [3.8, 4) is 0 Å². The Morgan fingerprint density at radius 2 is 2.20 bits per heavy atom. The molecule has 0 saturated carbocycles. The van der Waals surface area contributed by atoms with Crippen LogP contribution in [-0.4, -0.2) is 37.4 Å². The van der Waals surface area contributed by atoms with E-state index in [4.69, 9.17) is 0 Å². The van der Waals surface area contributed by atoms with E-state index in [1.54, 1.807) is 30.3 Å². The molecular formula is C13H15BrN2O3S. The fourth-order valence-corrected chi connectivity index (χ4v) is 4.69. The summed E-state index contributed by atoms with van der Waals surface area (Å²) in [5.41, 5.74) is 0. The summed E-state index contributed by atoms with van der Waals surface area (Å²) in [5.74, 6) is 0. The quantitative estimate of drug-likeness (QED) is 0.615. The van der Waals surface area contributed by atoms with Gasteiger partial charge in [-0.1, -0.05) is 22.0 Å². The standard InChI is InChI=1S/C13H15BrN2O3S/c1-10-7-12(15-9-17)5-6-16(10)20(18,19)13-4-2-3-11(14)8-13/h2-4,8,10,12H,5-7H2,1H3. The van der Waals surface area contributed by atoms with E-state index in [9.17, 15) is 13.2 Å². The molecule has 2 atom stereocenters. The normalized spacial score (nSPS) is 24.1. The summed E-state index contributed by atoms with van der Waals surface area (Å²) in [6.45, 7) is 2.20. The van der Waals surface area contributed by atoms with Gasteiger partial charge in [0.1, 0.15) is 0 Å². The lowest BCUT2D eigenvalue weighted by Gasteiger charge is -2.34. The molecule has 0 N–H and O–H groups in total. The van der Waals surface area contributed by atoms with Crippen LogP contribution in [-0.2, 0) is 14.8 Å². The molecule has 1 fully saturated rings. The zero-order valence-corrected chi connectivity index (χ0v) is 13.4. The Morgan fingerprint density at radius 1 is 1.45 bits per heavy atom. The molecule has 0 spiro atoms. The van der Waals surface area contributed by atoms with Gasteiger partial charge in [0.25, 0.3) is 0 Å². The largest absolute Gasteiger partial charge is 0.243 e. The van der Waals surface area contributed by atoms with Crippen LogP contribution in [0.15, 0.2) is 38.6 Å². The third-order valence-corrected chi connectivity index (χ3v) is 5.93. The van der Waals surface area contributed by atoms with Gasteiger partial charge in [0.2, 0.25) is 16.1 Å². The summed E-state index contributed by atoms with van der Waals surface area (Å²) >= 11 is 3.28. The number of benzene rings is 1. The number of piperidine rings is 1.